The van der Waals surface area contributed by atoms with E-state index in [0.29, 0.717) is 0 Å². The number of aromatic hydroxyl groups is 1. The summed E-state index contributed by atoms with van der Waals surface area (Å²) in [5.41, 5.74) is 2.84. The number of phenols is 1. The molecule has 0 amide bonds. The van der Waals surface area contributed by atoms with Gasteiger partial charge in [0.05, 0.1) is 0 Å². The molecule has 0 aromatic heterocycles. The summed E-state index contributed by atoms with van der Waals surface area (Å²) in [6.45, 7) is 2.12. The van der Waals surface area contributed by atoms with Crippen molar-refractivity contribution in [1.82, 2.24) is 0 Å². The van der Waals surface area contributed by atoms with Gasteiger partial charge in [0.1, 0.15) is 10.6 Å². The van der Waals surface area contributed by atoms with Crippen LogP contribution in [0.4, 0.5) is 0 Å². The van der Waals surface area contributed by atoms with Crippen LogP contribution in [0.2, 0.25) is 0 Å². The molecule has 112 valence electrons. The summed E-state index contributed by atoms with van der Waals surface area (Å²) in [4.78, 5) is -0.475. The molecule has 4 nitrogen and oxygen atoms in total. The molecule has 0 spiro atoms. The Balaban J connectivity index is 2.46. The fraction of sp³-hybridized carbons (Fsp3) is 0.250. The molecule has 2 aromatic carbocycles. The van der Waals surface area contributed by atoms with Crippen molar-refractivity contribution in [2.75, 3.05) is 0 Å². The third-order valence-corrected chi connectivity index (χ3v) is 4.27. The minimum absolute atomic E-state index is 0.444. The second kappa shape index (κ2) is 6.28. The normalized spacial score (nSPS) is 11.5. The van der Waals surface area contributed by atoms with Crippen LogP contribution in [-0.4, -0.2) is 18.1 Å². The third kappa shape index (κ3) is 3.62. The first kappa shape index (κ1) is 15.5. The number of unbranched alkanes of at least 4 members (excludes halogenated alkanes) is 1. The van der Waals surface area contributed by atoms with Gasteiger partial charge in [0.25, 0.3) is 10.1 Å². The lowest BCUT2D eigenvalue weighted by molar-refractivity contribution is 0.443. The molecule has 0 aliphatic heterocycles. The highest BCUT2D eigenvalue weighted by molar-refractivity contribution is 7.86. The molecule has 0 atom stereocenters. The number of hydrogen-bond acceptors (Lipinski definition) is 3. The first-order valence-corrected chi connectivity index (χ1v) is 8.26. The zero-order valence-corrected chi connectivity index (χ0v) is 12.6. The Morgan fingerprint density at radius 1 is 1.10 bits per heavy atom. The summed E-state index contributed by atoms with van der Waals surface area (Å²) in [6.07, 6.45) is 3.07. The van der Waals surface area contributed by atoms with Crippen LogP contribution < -0.4 is 0 Å². The van der Waals surface area contributed by atoms with Gasteiger partial charge in [-0.05, 0) is 41.7 Å². The molecule has 5 heteroatoms. The fourth-order valence-electron chi connectivity index (χ4n) is 2.29. The predicted molar refractivity (Wildman–Crippen MR) is 82.0 cm³/mol. The molecule has 2 N–H and O–H groups in total. The smallest absolute Gasteiger partial charge is 0.298 e. The van der Waals surface area contributed by atoms with Crippen molar-refractivity contribution in [2.45, 2.75) is 31.1 Å². The number of rotatable bonds is 5. The zero-order valence-electron chi connectivity index (χ0n) is 11.8. The number of benzene rings is 2. The lowest BCUT2D eigenvalue weighted by atomic mass is 9.96. The minimum Gasteiger partial charge on any atom is -0.506 e. The Morgan fingerprint density at radius 3 is 2.43 bits per heavy atom. The molecule has 0 unspecified atom stereocenters. The van der Waals surface area contributed by atoms with Crippen molar-refractivity contribution < 1.29 is 18.1 Å². The molecular weight excluding hydrogens is 288 g/mol. The summed E-state index contributed by atoms with van der Waals surface area (Å²) in [6, 6.07) is 12.0. The van der Waals surface area contributed by atoms with E-state index >= 15 is 0 Å². The highest BCUT2D eigenvalue weighted by atomic mass is 32.2. The van der Waals surface area contributed by atoms with Gasteiger partial charge < -0.3 is 5.11 Å². The number of phenolic OH excluding ortho intramolecular Hbond substituents is 1. The van der Waals surface area contributed by atoms with Crippen molar-refractivity contribution >= 4 is 10.1 Å². The first-order valence-electron chi connectivity index (χ1n) is 6.82. The summed E-state index contributed by atoms with van der Waals surface area (Å²) < 4.78 is 31.2. The zero-order chi connectivity index (χ0) is 15.5. The Kier molecular flexibility index (Phi) is 4.65. The monoisotopic (exact) mass is 306 g/mol. The van der Waals surface area contributed by atoms with E-state index in [0.717, 1.165) is 36.0 Å². The SMILES string of the molecule is CCCCc1ccccc1-c1ccc(S(=O)(=O)O)c(O)c1. The first-order chi connectivity index (χ1) is 9.93. The molecule has 21 heavy (non-hydrogen) atoms. The van der Waals surface area contributed by atoms with Gasteiger partial charge in [-0.1, -0.05) is 43.7 Å². The highest BCUT2D eigenvalue weighted by Crippen LogP contribution is 2.31. The summed E-state index contributed by atoms with van der Waals surface area (Å²) in [5, 5.41) is 9.82. The standard InChI is InChI=1S/C16H18O4S/c1-2-3-6-12-7-4-5-8-14(12)13-9-10-16(15(17)11-13)21(18,19)20/h4-5,7-11,17H,2-3,6H2,1H3,(H,18,19,20). The quantitative estimate of drug-likeness (QED) is 0.827. The fourth-order valence-corrected chi connectivity index (χ4v) is 2.85. The average Bonchev–Trinajstić information content (AvgIpc) is 2.44. The van der Waals surface area contributed by atoms with E-state index in [9.17, 15) is 13.5 Å². The van der Waals surface area contributed by atoms with Crippen molar-refractivity contribution in [3.05, 3.63) is 48.0 Å². The van der Waals surface area contributed by atoms with E-state index < -0.39 is 20.8 Å². The second-order valence-electron chi connectivity index (χ2n) is 4.92. The Bertz CT molecular complexity index is 736. The lowest BCUT2D eigenvalue weighted by Gasteiger charge is -2.11. The van der Waals surface area contributed by atoms with E-state index in [1.165, 1.54) is 12.1 Å². The summed E-state index contributed by atoms with van der Waals surface area (Å²) in [7, 11) is -4.41. The molecule has 0 bridgehead atoms. The van der Waals surface area contributed by atoms with Gasteiger partial charge in [0, 0.05) is 0 Å². The van der Waals surface area contributed by atoms with Gasteiger partial charge in [-0.3, -0.25) is 4.55 Å². The van der Waals surface area contributed by atoms with Gasteiger partial charge >= 0.3 is 0 Å². The molecule has 2 aromatic rings. The van der Waals surface area contributed by atoms with Crippen LogP contribution in [0.5, 0.6) is 5.75 Å². The van der Waals surface area contributed by atoms with Crippen LogP contribution in [0.3, 0.4) is 0 Å². The van der Waals surface area contributed by atoms with E-state index in [2.05, 4.69) is 6.92 Å². The van der Waals surface area contributed by atoms with Gasteiger partial charge in [-0.25, -0.2) is 0 Å². The average molecular weight is 306 g/mol. The van der Waals surface area contributed by atoms with Crippen LogP contribution >= 0.6 is 0 Å². The molecule has 0 saturated carbocycles. The molecule has 0 heterocycles. The molecule has 0 aliphatic carbocycles. The lowest BCUT2D eigenvalue weighted by Crippen LogP contribution is -1.98. The maximum atomic E-state index is 11.1. The van der Waals surface area contributed by atoms with Crippen molar-refractivity contribution in [2.24, 2.45) is 0 Å². The Hall–Kier alpha value is -1.85. The van der Waals surface area contributed by atoms with E-state index in [1.807, 2.05) is 24.3 Å². The molecular formula is C16H18O4S. The van der Waals surface area contributed by atoms with E-state index in [4.69, 9.17) is 4.55 Å². The van der Waals surface area contributed by atoms with Crippen LogP contribution in [0.15, 0.2) is 47.4 Å². The van der Waals surface area contributed by atoms with Crippen molar-refractivity contribution in [3.63, 3.8) is 0 Å². The van der Waals surface area contributed by atoms with E-state index in [1.54, 1.807) is 6.07 Å². The predicted octanol–water partition coefficient (Wildman–Crippen LogP) is 3.65. The topological polar surface area (TPSA) is 74.6 Å². The number of aryl methyl sites for hydroxylation is 1. The molecule has 0 saturated heterocycles. The van der Waals surface area contributed by atoms with Crippen LogP contribution in [0.25, 0.3) is 11.1 Å². The Labute approximate surface area is 124 Å². The van der Waals surface area contributed by atoms with E-state index in [-0.39, 0.29) is 0 Å². The maximum Gasteiger partial charge on any atom is 0.298 e. The summed E-state index contributed by atoms with van der Waals surface area (Å²) in [5.74, 6) is -0.444. The van der Waals surface area contributed by atoms with Crippen LogP contribution in [-0.2, 0) is 16.5 Å². The van der Waals surface area contributed by atoms with Gasteiger partial charge in [0.15, 0.2) is 0 Å². The molecule has 0 radical (unpaired) electrons. The van der Waals surface area contributed by atoms with Crippen LogP contribution in [0.1, 0.15) is 25.3 Å². The highest BCUT2D eigenvalue weighted by Gasteiger charge is 2.16. The second-order valence-corrected chi connectivity index (χ2v) is 6.31. The van der Waals surface area contributed by atoms with Crippen molar-refractivity contribution in [3.8, 4) is 16.9 Å². The maximum absolute atomic E-state index is 11.1. The molecule has 2 rings (SSSR count). The minimum atomic E-state index is -4.41. The van der Waals surface area contributed by atoms with Crippen molar-refractivity contribution in [1.29, 1.82) is 0 Å². The van der Waals surface area contributed by atoms with Crippen LogP contribution in [0, 0.1) is 0 Å². The van der Waals surface area contributed by atoms with Gasteiger partial charge in [0.2, 0.25) is 0 Å². The van der Waals surface area contributed by atoms with Gasteiger partial charge in [-0.15, -0.1) is 0 Å². The summed E-state index contributed by atoms with van der Waals surface area (Å²) >= 11 is 0. The Morgan fingerprint density at radius 2 is 1.81 bits per heavy atom. The molecule has 0 fully saturated rings. The number of hydrogen-bond donors (Lipinski definition) is 2. The van der Waals surface area contributed by atoms with Gasteiger partial charge in [-0.2, -0.15) is 8.42 Å². The molecule has 0 aliphatic rings. The largest absolute Gasteiger partial charge is 0.506 e. The third-order valence-electron chi connectivity index (χ3n) is 3.36.